The largest absolute Gasteiger partial charge is 0.388 e. The molecular weight excluding hydrogens is 388 g/mol. The molecule has 3 rings (SSSR count). The molecule has 170 valence electrons. The maximum Gasteiger partial charge on any atom is 0.173 e. The average molecular weight is 427 g/mol. The Kier molecular flexibility index (Phi) is 7.03. The lowest BCUT2D eigenvalue weighted by molar-refractivity contribution is -0.212. The first-order valence-electron chi connectivity index (χ1n) is 11.5. The van der Waals surface area contributed by atoms with Gasteiger partial charge in [-0.25, -0.2) is 0 Å². The Morgan fingerprint density at radius 3 is 2.77 bits per heavy atom. The van der Waals surface area contributed by atoms with Gasteiger partial charge in [0.1, 0.15) is 12.2 Å². The minimum Gasteiger partial charge on any atom is -0.388 e. The van der Waals surface area contributed by atoms with Crippen molar-refractivity contribution in [3.05, 3.63) is 47.1 Å². The zero-order chi connectivity index (χ0) is 22.9. The first kappa shape index (κ1) is 24.0. The second kappa shape index (κ2) is 9.08. The van der Waals surface area contributed by atoms with Gasteiger partial charge in [0.05, 0.1) is 6.10 Å². The third-order valence-corrected chi connectivity index (χ3v) is 7.19. The van der Waals surface area contributed by atoms with Crippen LogP contribution in [0.1, 0.15) is 72.6 Å². The number of allylic oxidation sites excluding steroid dienone is 5. The number of aliphatic hydroxyl groups is 3. The van der Waals surface area contributed by atoms with Crippen molar-refractivity contribution in [3.8, 4) is 11.8 Å². The molecule has 3 N–H and O–H groups in total. The quantitative estimate of drug-likeness (QED) is 0.350. The van der Waals surface area contributed by atoms with Gasteiger partial charge in [-0.2, -0.15) is 0 Å². The Bertz CT molecular complexity index is 860. The van der Waals surface area contributed by atoms with E-state index in [1.165, 1.54) is 18.4 Å². The molecule has 0 spiro atoms. The molecule has 3 aliphatic carbocycles. The first-order valence-corrected chi connectivity index (χ1v) is 11.5. The fourth-order valence-corrected chi connectivity index (χ4v) is 5.48. The van der Waals surface area contributed by atoms with Crippen LogP contribution in [0.4, 0.5) is 0 Å². The number of aliphatic hydroxyl groups excluding tert-OH is 1. The SMILES string of the molecule is C=C1C(=CC=C2CCC[C@]3(C)C(CC)=CC[C@@H]23)C[C@](O)(OCC#CC(C)(C)O)C[C@@H]1O. The molecule has 0 saturated heterocycles. The normalized spacial score (nSPS) is 36.2. The highest BCUT2D eigenvalue weighted by atomic mass is 16.6. The Balaban J connectivity index is 1.76. The van der Waals surface area contributed by atoms with Gasteiger partial charge in [0, 0.05) is 12.8 Å². The monoisotopic (exact) mass is 426 g/mol. The maximum absolute atomic E-state index is 10.9. The van der Waals surface area contributed by atoms with Crippen LogP contribution in [0.25, 0.3) is 0 Å². The summed E-state index contributed by atoms with van der Waals surface area (Å²) in [5, 5.41) is 31.1. The molecule has 0 heterocycles. The lowest BCUT2D eigenvalue weighted by atomic mass is 9.64. The maximum atomic E-state index is 10.9. The standard InChI is InChI=1S/C27H38O4/c1-6-22-12-13-23-20(9-7-15-26(22,23)5)10-11-21-17-27(30,18-24(28)19(21)2)31-16-8-14-25(3,4)29/h10-12,23-24,28-30H,2,6-7,9,13,15-18H2,1,3-5H3/t23-,24-,26+,27-/m0/s1. The lowest BCUT2D eigenvalue weighted by Gasteiger charge is -2.41. The Morgan fingerprint density at radius 2 is 2.10 bits per heavy atom. The molecule has 0 aliphatic heterocycles. The van der Waals surface area contributed by atoms with E-state index in [1.807, 2.05) is 6.08 Å². The van der Waals surface area contributed by atoms with Crippen LogP contribution >= 0.6 is 0 Å². The van der Waals surface area contributed by atoms with Gasteiger partial charge in [-0.05, 0) is 68.4 Å². The van der Waals surface area contributed by atoms with Crippen molar-refractivity contribution in [3.63, 3.8) is 0 Å². The van der Waals surface area contributed by atoms with E-state index in [0.29, 0.717) is 11.5 Å². The molecule has 2 fully saturated rings. The number of fused-ring (bicyclic) bond motifs is 1. The van der Waals surface area contributed by atoms with E-state index >= 15 is 0 Å². The van der Waals surface area contributed by atoms with E-state index in [9.17, 15) is 15.3 Å². The van der Waals surface area contributed by atoms with Crippen molar-refractivity contribution in [1.29, 1.82) is 0 Å². The van der Waals surface area contributed by atoms with Crippen molar-refractivity contribution >= 4 is 0 Å². The number of hydrogen-bond acceptors (Lipinski definition) is 4. The molecule has 0 aromatic heterocycles. The molecule has 4 atom stereocenters. The van der Waals surface area contributed by atoms with E-state index < -0.39 is 17.5 Å². The molecular formula is C27H38O4. The predicted molar refractivity (Wildman–Crippen MR) is 124 cm³/mol. The van der Waals surface area contributed by atoms with Crippen LogP contribution in [-0.4, -0.2) is 39.4 Å². The van der Waals surface area contributed by atoms with Crippen molar-refractivity contribution in [1.82, 2.24) is 0 Å². The van der Waals surface area contributed by atoms with Crippen LogP contribution in [0.2, 0.25) is 0 Å². The Morgan fingerprint density at radius 1 is 1.35 bits per heavy atom. The third kappa shape index (κ3) is 5.41. The molecule has 4 heteroatoms. The van der Waals surface area contributed by atoms with E-state index in [1.54, 1.807) is 19.4 Å². The number of ether oxygens (including phenoxy) is 1. The Hall–Kier alpha value is -1.64. The molecule has 0 bridgehead atoms. The first-order chi connectivity index (χ1) is 14.5. The summed E-state index contributed by atoms with van der Waals surface area (Å²) in [5.41, 5.74) is 3.66. The molecule has 0 unspecified atom stereocenters. The molecule has 4 nitrogen and oxygen atoms in total. The van der Waals surface area contributed by atoms with Crippen LogP contribution in [0.15, 0.2) is 47.1 Å². The van der Waals surface area contributed by atoms with Crippen LogP contribution in [0.3, 0.4) is 0 Å². The second-order valence-corrected chi connectivity index (χ2v) is 10.1. The summed E-state index contributed by atoms with van der Waals surface area (Å²) < 4.78 is 5.62. The molecule has 0 radical (unpaired) electrons. The van der Waals surface area contributed by atoms with Crippen LogP contribution in [0.5, 0.6) is 0 Å². The predicted octanol–water partition coefficient (Wildman–Crippen LogP) is 4.58. The highest BCUT2D eigenvalue weighted by Crippen LogP contribution is 2.55. The van der Waals surface area contributed by atoms with Gasteiger partial charge in [0.2, 0.25) is 0 Å². The Labute approximate surface area is 187 Å². The summed E-state index contributed by atoms with van der Waals surface area (Å²) in [6.07, 6.45) is 11.9. The second-order valence-electron chi connectivity index (χ2n) is 10.1. The van der Waals surface area contributed by atoms with Crippen molar-refractivity contribution in [2.75, 3.05) is 6.61 Å². The van der Waals surface area contributed by atoms with Crippen molar-refractivity contribution in [2.24, 2.45) is 11.3 Å². The molecule has 2 saturated carbocycles. The van der Waals surface area contributed by atoms with Crippen molar-refractivity contribution < 1.29 is 20.1 Å². The van der Waals surface area contributed by atoms with E-state index in [0.717, 1.165) is 24.8 Å². The molecule has 0 amide bonds. The smallest absolute Gasteiger partial charge is 0.173 e. The zero-order valence-electron chi connectivity index (χ0n) is 19.5. The summed E-state index contributed by atoms with van der Waals surface area (Å²) >= 11 is 0. The molecule has 0 aromatic carbocycles. The summed E-state index contributed by atoms with van der Waals surface area (Å²) in [5.74, 6) is 4.46. The van der Waals surface area contributed by atoms with E-state index in [4.69, 9.17) is 4.74 Å². The highest BCUT2D eigenvalue weighted by molar-refractivity contribution is 5.40. The van der Waals surface area contributed by atoms with Crippen LogP contribution in [-0.2, 0) is 4.74 Å². The summed E-state index contributed by atoms with van der Waals surface area (Å²) in [7, 11) is 0. The van der Waals surface area contributed by atoms with Crippen molar-refractivity contribution in [2.45, 2.75) is 90.1 Å². The van der Waals surface area contributed by atoms with Gasteiger partial charge in [-0.15, -0.1) is 0 Å². The minimum atomic E-state index is -1.50. The third-order valence-electron chi connectivity index (χ3n) is 7.19. The molecule has 3 aliphatic rings. The zero-order valence-corrected chi connectivity index (χ0v) is 19.5. The van der Waals surface area contributed by atoms with Gasteiger partial charge >= 0.3 is 0 Å². The molecule has 0 aromatic rings. The van der Waals surface area contributed by atoms with Crippen LogP contribution in [0, 0.1) is 23.2 Å². The van der Waals surface area contributed by atoms with E-state index in [-0.39, 0.29) is 24.9 Å². The van der Waals surface area contributed by atoms with Gasteiger partial charge in [0.15, 0.2) is 5.79 Å². The average Bonchev–Trinajstić information content (AvgIpc) is 3.03. The van der Waals surface area contributed by atoms with Gasteiger partial charge < -0.3 is 20.1 Å². The van der Waals surface area contributed by atoms with Gasteiger partial charge in [-0.1, -0.05) is 61.6 Å². The molecule has 31 heavy (non-hydrogen) atoms. The number of rotatable bonds is 4. The fourth-order valence-electron chi connectivity index (χ4n) is 5.48. The summed E-state index contributed by atoms with van der Waals surface area (Å²) in [6, 6.07) is 0. The highest BCUT2D eigenvalue weighted by Gasteiger charge is 2.44. The van der Waals surface area contributed by atoms with E-state index in [2.05, 4.69) is 44.4 Å². The summed E-state index contributed by atoms with van der Waals surface area (Å²) in [6.45, 7) is 11.9. The summed E-state index contributed by atoms with van der Waals surface area (Å²) in [4.78, 5) is 0. The van der Waals surface area contributed by atoms with Gasteiger partial charge in [-0.3, -0.25) is 0 Å². The lowest BCUT2D eigenvalue weighted by Crippen LogP contribution is -2.42. The minimum absolute atomic E-state index is 0.0139. The fraction of sp³-hybridized carbons (Fsp3) is 0.630. The topological polar surface area (TPSA) is 69.9 Å². The van der Waals surface area contributed by atoms with Crippen LogP contribution < -0.4 is 0 Å². The van der Waals surface area contributed by atoms with Gasteiger partial charge in [0.25, 0.3) is 0 Å². The number of hydrogen-bond donors (Lipinski definition) is 3.